The number of benzene rings is 1. The van der Waals surface area contributed by atoms with Gasteiger partial charge in [-0.25, -0.2) is 4.98 Å². The number of pyridine rings is 1. The van der Waals surface area contributed by atoms with Crippen LogP contribution in [0.25, 0.3) is 11.5 Å². The van der Waals surface area contributed by atoms with Crippen LogP contribution in [0.5, 0.6) is 11.5 Å². The number of hydrogen-bond donors (Lipinski definition) is 2. The second kappa shape index (κ2) is 8.14. The molecule has 1 unspecified atom stereocenters. The molecule has 8 heteroatoms. The summed E-state index contributed by atoms with van der Waals surface area (Å²) in [5, 5.41) is 2.78. The summed E-state index contributed by atoms with van der Waals surface area (Å²) in [5.41, 5.74) is 1.38. The third kappa shape index (κ3) is 4.26. The minimum Gasteiger partial charge on any atom is -0.484 e. The third-order valence-electron chi connectivity index (χ3n) is 4.56. The molecule has 0 saturated heterocycles. The summed E-state index contributed by atoms with van der Waals surface area (Å²) in [7, 11) is 0. The van der Waals surface area contributed by atoms with Gasteiger partial charge >= 0.3 is 0 Å². The molecule has 3 heterocycles. The van der Waals surface area contributed by atoms with Gasteiger partial charge in [-0.1, -0.05) is 18.2 Å². The molecule has 2 aromatic heterocycles. The lowest BCUT2D eigenvalue weighted by Crippen LogP contribution is -2.45. The first-order valence-electron chi connectivity index (χ1n) is 9.29. The van der Waals surface area contributed by atoms with Gasteiger partial charge in [0.2, 0.25) is 12.1 Å². The van der Waals surface area contributed by atoms with E-state index in [0.29, 0.717) is 34.3 Å². The topological polar surface area (TPSA) is 106 Å². The number of amides is 1. The van der Waals surface area contributed by atoms with Gasteiger partial charge in [-0.15, -0.1) is 0 Å². The Morgan fingerprint density at radius 1 is 1.21 bits per heavy atom. The molecule has 0 spiro atoms. The zero-order valence-electron chi connectivity index (χ0n) is 15.8. The fourth-order valence-corrected chi connectivity index (χ4v) is 3.11. The van der Waals surface area contributed by atoms with Crippen molar-refractivity contribution in [2.24, 2.45) is 0 Å². The van der Waals surface area contributed by atoms with Gasteiger partial charge in [0.05, 0.1) is 0 Å². The van der Waals surface area contributed by atoms with E-state index in [1.54, 1.807) is 31.3 Å². The molecule has 3 aromatic rings. The van der Waals surface area contributed by atoms with Crippen LogP contribution in [0.1, 0.15) is 17.7 Å². The van der Waals surface area contributed by atoms with Gasteiger partial charge in [0.25, 0.3) is 5.56 Å². The number of carbonyl (C=O) groups excluding carboxylic acids is 1. The summed E-state index contributed by atoms with van der Waals surface area (Å²) in [6, 6.07) is 12.7. The van der Waals surface area contributed by atoms with Crippen LogP contribution in [0.15, 0.2) is 53.5 Å². The SMILES string of the molecule is Cc1nc(-c2ccccn2)[nH]c(=O)c1CCC(=O)NC1COc2ccccc2O1. The van der Waals surface area contributed by atoms with Gasteiger partial charge in [0.1, 0.15) is 12.3 Å². The molecule has 1 aromatic carbocycles. The number of nitrogens with one attached hydrogen (secondary N) is 2. The molecule has 1 amide bonds. The van der Waals surface area contributed by atoms with E-state index in [1.807, 2.05) is 24.3 Å². The van der Waals surface area contributed by atoms with E-state index in [0.717, 1.165) is 0 Å². The summed E-state index contributed by atoms with van der Waals surface area (Å²) in [5.74, 6) is 1.42. The summed E-state index contributed by atoms with van der Waals surface area (Å²) in [6.07, 6.45) is 1.47. The number of nitrogens with zero attached hydrogens (tertiary/aromatic N) is 2. The Hall–Kier alpha value is -3.68. The molecule has 0 radical (unpaired) electrons. The smallest absolute Gasteiger partial charge is 0.254 e. The molecule has 0 fully saturated rings. The van der Waals surface area contributed by atoms with Gasteiger partial charge in [-0.2, -0.15) is 0 Å². The van der Waals surface area contributed by atoms with E-state index in [1.165, 1.54) is 0 Å². The zero-order valence-corrected chi connectivity index (χ0v) is 15.8. The highest BCUT2D eigenvalue weighted by Crippen LogP contribution is 2.30. The normalized spacial score (nSPS) is 15.0. The van der Waals surface area contributed by atoms with E-state index in [9.17, 15) is 9.59 Å². The van der Waals surface area contributed by atoms with Gasteiger partial charge in [0, 0.05) is 23.9 Å². The molecule has 0 aliphatic carbocycles. The predicted molar refractivity (Wildman–Crippen MR) is 106 cm³/mol. The monoisotopic (exact) mass is 392 g/mol. The zero-order chi connectivity index (χ0) is 20.2. The molecular weight excluding hydrogens is 372 g/mol. The summed E-state index contributed by atoms with van der Waals surface area (Å²) >= 11 is 0. The van der Waals surface area contributed by atoms with E-state index in [4.69, 9.17) is 9.47 Å². The molecule has 148 valence electrons. The lowest BCUT2D eigenvalue weighted by Gasteiger charge is -2.26. The fraction of sp³-hybridized carbons (Fsp3) is 0.238. The number of aromatic amines is 1. The number of ether oxygens (including phenoxy) is 2. The number of H-pyrrole nitrogens is 1. The number of hydrogen-bond acceptors (Lipinski definition) is 6. The Morgan fingerprint density at radius 2 is 2.00 bits per heavy atom. The Bertz CT molecular complexity index is 1080. The van der Waals surface area contributed by atoms with E-state index in [-0.39, 0.29) is 30.9 Å². The summed E-state index contributed by atoms with van der Waals surface area (Å²) in [6.45, 7) is 1.98. The van der Waals surface area contributed by atoms with Crippen molar-refractivity contribution in [3.8, 4) is 23.0 Å². The maximum atomic E-state index is 12.5. The second-order valence-corrected chi connectivity index (χ2v) is 6.63. The van der Waals surface area contributed by atoms with Crippen LogP contribution < -0.4 is 20.3 Å². The summed E-state index contributed by atoms with van der Waals surface area (Å²) < 4.78 is 11.3. The average molecular weight is 392 g/mol. The Morgan fingerprint density at radius 3 is 2.76 bits per heavy atom. The molecule has 1 aliphatic rings. The van der Waals surface area contributed by atoms with Crippen LogP contribution in [0, 0.1) is 6.92 Å². The highest BCUT2D eigenvalue weighted by molar-refractivity contribution is 5.76. The molecule has 1 atom stereocenters. The molecule has 1 aliphatic heterocycles. The van der Waals surface area contributed by atoms with E-state index >= 15 is 0 Å². The van der Waals surface area contributed by atoms with Crippen molar-refractivity contribution >= 4 is 5.91 Å². The largest absolute Gasteiger partial charge is 0.484 e. The third-order valence-corrected chi connectivity index (χ3v) is 4.56. The van der Waals surface area contributed by atoms with Gasteiger partial charge in [-0.3, -0.25) is 14.6 Å². The van der Waals surface area contributed by atoms with E-state index in [2.05, 4.69) is 20.3 Å². The highest BCUT2D eigenvalue weighted by Gasteiger charge is 2.22. The minimum atomic E-state index is -0.568. The number of aromatic nitrogens is 3. The van der Waals surface area contributed by atoms with Gasteiger partial charge in [0.15, 0.2) is 17.3 Å². The first kappa shape index (κ1) is 18.7. The van der Waals surface area contributed by atoms with Crippen molar-refractivity contribution < 1.29 is 14.3 Å². The Kier molecular flexibility index (Phi) is 5.24. The first-order chi connectivity index (χ1) is 14.1. The van der Waals surface area contributed by atoms with Crippen molar-refractivity contribution in [2.45, 2.75) is 26.0 Å². The maximum absolute atomic E-state index is 12.5. The average Bonchev–Trinajstić information content (AvgIpc) is 2.73. The molecule has 0 bridgehead atoms. The van der Waals surface area contributed by atoms with E-state index < -0.39 is 6.23 Å². The number of aryl methyl sites for hydroxylation is 1. The van der Waals surface area contributed by atoms with Crippen LogP contribution in [0.3, 0.4) is 0 Å². The Balaban J connectivity index is 1.38. The molecule has 0 saturated carbocycles. The van der Waals surface area contributed by atoms with Crippen molar-refractivity contribution in [3.05, 3.63) is 70.3 Å². The summed E-state index contributed by atoms with van der Waals surface area (Å²) in [4.78, 5) is 36.2. The number of carbonyl (C=O) groups is 1. The van der Waals surface area contributed by atoms with Crippen LogP contribution in [-0.4, -0.2) is 33.7 Å². The molecule has 8 nitrogen and oxygen atoms in total. The molecule has 4 rings (SSSR count). The van der Waals surface area contributed by atoms with Crippen molar-refractivity contribution in [1.82, 2.24) is 20.3 Å². The molecule has 2 N–H and O–H groups in total. The lowest BCUT2D eigenvalue weighted by molar-refractivity contribution is -0.124. The number of fused-ring (bicyclic) bond motifs is 1. The molecule has 29 heavy (non-hydrogen) atoms. The van der Waals surface area contributed by atoms with Crippen molar-refractivity contribution in [3.63, 3.8) is 0 Å². The lowest BCUT2D eigenvalue weighted by atomic mass is 10.1. The van der Waals surface area contributed by atoms with Gasteiger partial charge in [-0.05, 0) is 37.6 Å². The highest BCUT2D eigenvalue weighted by atomic mass is 16.6. The van der Waals surface area contributed by atoms with Crippen molar-refractivity contribution in [2.75, 3.05) is 6.61 Å². The van der Waals surface area contributed by atoms with Crippen molar-refractivity contribution in [1.29, 1.82) is 0 Å². The predicted octanol–water partition coefficient (Wildman–Crippen LogP) is 1.99. The standard InChI is InChI=1S/C21H20N4O4/c1-13-14(21(27)25-20(23-13)15-6-4-5-11-22-15)9-10-18(26)24-19-12-28-16-7-2-3-8-17(16)29-19/h2-8,11,19H,9-10,12H2,1H3,(H,24,26)(H,23,25,27). The second-order valence-electron chi connectivity index (χ2n) is 6.63. The fourth-order valence-electron chi connectivity index (χ4n) is 3.11. The number of para-hydroxylation sites is 2. The minimum absolute atomic E-state index is 0.135. The first-order valence-corrected chi connectivity index (χ1v) is 9.29. The van der Waals surface area contributed by atoms with Gasteiger partial charge < -0.3 is 19.8 Å². The quantitative estimate of drug-likeness (QED) is 0.688. The molecular formula is C21H20N4O4. The van der Waals surface area contributed by atoms with Crippen LogP contribution in [0.2, 0.25) is 0 Å². The maximum Gasteiger partial charge on any atom is 0.254 e. The Labute approximate surface area is 166 Å². The van der Waals surface area contributed by atoms with Crippen LogP contribution >= 0.6 is 0 Å². The van der Waals surface area contributed by atoms with Crippen LogP contribution in [0.4, 0.5) is 0 Å². The number of rotatable bonds is 5. The van der Waals surface area contributed by atoms with Crippen LogP contribution in [-0.2, 0) is 11.2 Å².